The minimum atomic E-state index is -1.18. The fraction of sp³-hybridized carbons (Fsp3) is 0.194. The molecule has 0 radical (unpaired) electrons. The van der Waals surface area contributed by atoms with E-state index in [1.165, 1.54) is 24.3 Å². The molecular weight excluding hydrogens is 548 g/mol. The van der Waals surface area contributed by atoms with E-state index in [0.717, 1.165) is 14.7 Å². The predicted octanol–water partition coefficient (Wildman–Crippen LogP) is 5.29. The Morgan fingerprint density at radius 3 is 1.32 bits per heavy atom. The second kappa shape index (κ2) is 14.6. The zero-order valence-electron chi connectivity index (χ0n) is 23.6. The SMILES string of the molecule is COc1cc(OC)c([S+](c2ccccc2)c2c(OC)cc(OC)cc2OC)c(OC)c1.O=C(O)c1ccccc1[O-]. The molecule has 0 heterocycles. The van der Waals surface area contributed by atoms with Gasteiger partial charge in [-0.1, -0.05) is 42.1 Å². The molecule has 0 unspecified atom stereocenters. The largest absolute Gasteiger partial charge is 0.872 e. The summed E-state index contributed by atoms with van der Waals surface area (Å²) in [4.78, 5) is 13.0. The number of ether oxygens (including phenoxy) is 6. The number of benzene rings is 4. The summed E-state index contributed by atoms with van der Waals surface area (Å²) in [6.45, 7) is 0. The summed E-state index contributed by atoms with van der Waals surface area (Å²) in [5, 5.41) is 19.0. The Bertz CT molecular complexity index is 1340. The second-order valence-electron chi connectivity index (χ2n) is 8.14. The van der Waals surface area contributed by atoms with Gasteiger partial charge in [-0.25, -0.2) is 4.79 Å². The van der Waals surface area contributed by atoms with Crippen molar-refractivity contribution >= 4 is 16.9 Å². The molecule has 0 amide bonds. The van der Waals surface area contributed by atoms with Gasteiger partial charge >= 0.3 is 5.97 Å². The molecule has 4 aromatic rings. The minimum Gasteiger partial charge on any atom is -0.872 e. The number of carbonyl (C=O) groups is 1. The van der Waals surface area contributed by atoms with Crippen LogP contribution >= 0.6 is 0 Å². The molecule has 0 aromatic heterocycles. The first-order valence-corrected chi connectivity index (χ1v) is 13.4. The highest BCUT2D eigenvalue weighted by Gasteiger charge is 2.42. The van der Waals surface area contributed by atoms with Gasteiger partial charge in [-0.3, -0.25) is 0 Å². The summed E-state index contributed by atoms with van der Waals surface area (Å²) < 4.78 is 34.0. The minimum absolute atomic E-state index is 0.178. The first-order chi connectivity index (χ1) is 19.8. The Morgan fingerprint density at radius 1 is 0.610 bits per heavy atom. The van der Waals surface area contributed by atoms with Crippen LogP contribution in [0.2, 0.25) is 0 Å². The average molecular weight is 581 g/mol. The van der Waals surface area contributed by atoms with E-state index < -0.39 is 22.6 Å². The van der Waals surface area contributed by atoms with Crippen LogP contribution in [0.3, 0.4) is 0 Å². The summed E-state index contributed by atoms with van der Waals surface area (Å²) in [5.41, 5.74) is -0.178. The standard InChI is InChI=1S/C24H27O6S.C7H6O3/c1-25-16-12-19(27-3)23(20(13-16)28-4)31(18-10-8-7-9-11-18)24-21(29-5)14-17(26-2)15-22(24)30-6;8-6-4-2-1-3-5(6)7(9)10/h7-15H,1-6H3;1-4,8H,(H,9,10)/q+1;/p-1. The van der Waals surface area contributed by atoms with Crippen LogP contribution in [0.4, 0.5) is 0 Å². The van der Waals surface area contributed by atoms with E-state index in [-0.39, 0.29) is 5.56 Å². The van der Waals surface area contributed by atoms with Crippen molar-refractivity contribution < 1.29 is 43.4 Å². The zero-order chi connectivity index (χ0) is 29.9. The van der Waals surface area contributed by atoms with Gasteiger partial charge in [0.05, 0.1) is 48.2 Å². The number of rotatable bonds is 10. The summed E-state index contributed by atoms with van der Waals surface area (Å²) in [6.07, 6.45) is 0. The van der Waals surface area contributed by atoms with Crippen LogP contribution in [0.5, 0.6) is 40.2 Å². The van der Waals surface area contributed by atoms with E-state index in [1.807, 2.05) is 42.5 Å². The molecule has 41 heavy (non-hydrogen) atoms. The maximum absolute atomic E-state index is 10.7. The smallest absolute Gasteiger partial charge is 0.335 e. The summed E-state index contributed by atoms with van der Waals surface area (Å²) in [5.74, 6) is 2.23. The van der Waals surface area contributed by atoms with Crippen LogP contribution in [0.15, 0.2) is 93.5 Å². The van der Waals surface area contributed by atoms with Crippen molar-refractivity contribution in [2.75, 3.05) is 42.7 Å². The third-order valence-corrected chi connectivity index (χ3v) is 8.21. The molecular formula is C31H32O9S. The van der Waals surface area contributed by atoms with Crippen molar-refractivity contribution in [1.29, 1.82) is 0 Å². The molecule has 0 aliphatic rings. The highest BCUT2D eigenvalue weighted by Crippen LogP contribution is 2.50. The van der Waals surface area contributed by atoms with Crippen LogP contribution in [0.25, 0.3) is 0 Å². The molecule has 0 atom stereocenters. The average Bonchev–Trinajstić information content (AvgIpc) is 3.01. The molecule has 0 fully saturated rings. The zero-order valence-corrected chi connectivity index (χ0v) is 24.4. The van der Waals surface area contributed by atoms with Gasteiger partial charge in [0.25, 0.3) is 0 Å². The maximum atomic E-state index is 10.7. The van der Waals surface area contributed by atoms with E-state index >= 15 is 0 Å². The molecule has 0 aliphatic heterocycles. The third-order valence-electron chi connectivity index (χ3n) is 5.84. The molecule has 9 nitrogen and oxygen atoms in total. The molecule has 216 valence electrons. The van der Waals surface area contributed by atoms with Crippen LogP contribution in [0.1, 0.15) is 10.4 Å². The lowest BCUT2D eigenvalue weighted by Gasteiger charge is -2.19. The summed E-state index contributed by atoms with van der Waals surface area (Å²) in [6, 6.07) is 23.0. The Hall–Kier alpha value is -4.70. The second-order valence-corrected chi connectivity index (χ2v) is 10.0. The number of hydrogen-bond acceptors (Lipinski definition) is 8. The Balaban J connectivity index is 0.000000389. The number of aromatic carboxylic acids is 1. The molecule has 1 N–H and O–H groups in total. The fourth-order valence-electron chi connectivity index (χ4n) is 3.89. The monoisotopic (exact) mass is 580 g/mol. The van der Waals surface area contributed by atoms with Gasteiger partial charge in [0.15, 0.2) is 27.9 Å². The number of carboxylic acids is 1. The third kappa shape index (κ3) is 7.09. The first kappa shape index (κ1) is 30.8. The van der Waals surface area contributed by atoms with E-state index in [0.29, 0.717) is 34.5 Å². The Labute approximate surface area is 242 Å². The van der Waals surface area contributed by atoms with Gasteiger partial charge < -0.3 is 38.6 Å². The molecule has 0 spiro atoms. The molecule has 0 aliphatic carbocycles. The number of carboxylic acid groups (broad SMARTS) is 1. The van der Waals surface area contributed by atoms with Crippen LogP contribution in [-0.4, -0.2) is 53.7 Å². The predicted molar refractivity (Wildman–Crippen MR) is 154 cm³/mol. The van der Waals surface area contributed by atoms with Gasteiger partial charge in [-0.15, -0.1) is 0 Å². The molecule has 0 saturated heterocycles. The molecule has 4 aromatic carbocycles. The van der Waals surface area contributed by atoms with Gasteiger partial charge in [-0.2, -0.15) is 0 Å². The van der Waals surface area contributed by atoms with E-state index in [1.54, 1.807) is 42.7 Å². The number of para-hydroxylation sites is 1. The topological polar surface area (TPSA) is 116 Å². The van der Waals surface area contributed by atoms with Gasteiger partial charge in [0.2, 0.25) is 9.79 Å². The van der Waals surface area contributed by atoms with Crippen LogP contribution in [0, 0.1) is 0 Å². The van der Waals surface area contributed by atoms with Crippen molar-refractivity contribution in [3.63, 3.8) is 0 Å². The van der Waals surface area contributed by atoms with Gasteiger partial charge in [0.1, 0.15) is 22.4 Å². The first-order valence-electron chi connectivity index (χ1n) is 12.2. The molecule has 4 rings (SSSR count). The normalized spacial score (nSPS) is 10.2. The van der Waals surface area contributed by atoms with Gasteiger partial charge in [0, 0.05) is 24.3 Å². The van der Waals surface area contributed by atoms with Crippen molar-refractivity contribution in [2.45, 2.75) is 14.7 Å². The van der Waals surface area contributed by atoms with Crippen LogP contribution < -0.4 is 33.5 Å². The van der Waals surface area contributed by atoms with Crippen molar-refractivity contribution in [3.05, 3.63) is 84.4 Å². The summed E-state index contributed by atoms with van der Waals surface area (Å²) in [7, 11) is 9.06. The molecule has 0 saturated carbocycles. The van der Waals surface area contributed by atoms with Crippen LogP contribution in [-0.2, 0) is 10.9 Å². The van der Waals surface area contributed by atoms with Gasteiger partial charge in [-0.05, 0) is 18.2 Å². The highest BCUT2D eigenvalue weighted by atomic mass is 32.2. The van der Waals surface area contributed by atoms with Crippen molar-refractivity contribution in [2.24, 2.45) is 0 Å². The highest BCUT2D eigenvalue weighted by molar-refractivity contribution is 7.97. The fourth-order valence-corrected chi connectivity index (χ4v) is 6.37. The van der Waals surface area contributed by atoms with E-state index in [2.05, 4.69) is 12.1 Å². The summed E-state index contributed by atoms with van der Waals surface area (Å²) >= 11 is 0. The quantitative estimate of drug-likeness (QED) is 0.250. The molecule has 10 heteroatoms. The lowest BCUT2D eigenvalue weighted by atomic mass is 10.2. The lowest BCUT2D eigenvalue weighted by molar-refractivity contribution is -0.268. The van der Waals surface area contributed by atoms with Crippen molar-refractivity contribution in [1.82, 2.24) is 0 Å². The lowest BCUT2D eigenvalue weighted by Crippen LogP contribution is -2.12. The maximum Gasteiger partial charge on any atom is 0.335 e. The number of hydrogen-bond donors (Lipinski definition) is 1. The molecule has 0 bridgehead atoms. The van der Waals surface area contributed by atoms with E-state index in [9.17, 15) is 9.90 Å². The van der Waals surface area contributed by atoms with Crippen molar-refractivity contribution in [3.8, 4) is 40.2 Å². The Morgan fingerprint density at radius 2 is 1.00 bits per heavy atom. The van der Waals surface area contributed by atoms with E-state index in [4.69, 9.17) is 33.5 Å². The Kier molecular flexibility index (Phi) is 11.0. The number of methoxy groups -OCH3 is 6.